The van der Waals surface area contributed by atoms with E-state index in [2.05, 4.69) is 16.4 Å². The van der Waals surface area contributed by atoms with Gasteiger partial charge in [-0.1, -0.05) is 37.5 Å². The molecule has 2 N–H and O–H groups in total. The number of nitriles is 1. The van der Waals surface area contributed by atoms with Crippen LogP contribution < -0.4 is 5.32 Å². The predicted octanol–water partition coefficient (Wildman–Crippen LogP) is 3.21. The Hall–Kier alpha value is -2.12. The molecule has 3 rings (SSSR count). The molecule has 0 spiro atoms. The number of nitrogens with one attached hydrogen (secondary N) is 1. The van der Waals surface area contributed by atoms with Crippen LogP contribution in [0.2, 0.25) is 0 Å². The summed E-state index contributed by atoms with van der Waals surface area (Å²) >= 11 is 0. The van der Waals surface area contributed by atoms with E-state index in [1.165, 1.54) is 6.42 Å². The van der Waals surface area contributed by atoms with Gasteiger partial charge < -0.3 is 10.4 Å². The van der Waals surface area contributed by atoms with E-state index < -0.39 is 0 Å². The predicted molar refractivity (Wildman–Crippen MR) is 83.0 cm³/mol. The van der Waals surface area contributed by atoms with Crippen molar-refractivity contribution in [2.75, 3.05) is 11.9 Å². The lowest BCUT2D eigenvalue weighted by Gasteiger charge is -2.37. The summed E-state index contributed by atoms with van der Waals surface area (Å²) in [4.78, 5) is 4.60. The third-order valence-corrected chi connectivity index (χ3v) is 4.34. The van der Waals surface area contributed by atoms with E-state index in [0.717, 1.165) is 36.6 Å². The van der Waals surface area contributed by atoms with Crippen molar-refractivity contribution in [2.45, 2.75) is 37.6 Å². The van der Waals surface area contributed by atoms with Crippen LogP contribution in [0.25, 0.3) is 10.9 Å². The number of aromatic nitrogens is 1. The SMILES string of the molecule is N#Cc1cc(NC2(CO)CCCCC2)nc2ccccc12. The molecule has 1 aromatic carbocycles. The summed E-state index contributed by atoms with van der Waals surface area (Å²) in [6, 6.07) is 11.7. The minimum atomic E-state index is -0.291. The number of anilines is 1. The molecule has 4 heteroatoms. The van der Waals surface area contributed by atoms with Gasteiger partial charge >= 0.3 is 0 Å². The van der Waals surface area contributed by atoms with Gasteiger partial charge in [0.1, 0.15) is 5.82 Å². The molecule has 1 aliphatic carbocycles. The zero-order chi connectivity index (χ0) is 14.7. The third-order valence-electron chi connectivity index (χ3n) is 4.34. The average molecular weight is 281 g/mol. The van der Waals surface area contributed by atoms with Crippen molar-refractivity contribution in [1.82, 2.24) is 4.98 Å². The van der Waals surface area contributed by atoms with Crippen LogP contribution in [0.3, 0.4) is 0 Å². The number of rotatable bonds is 3. The molecule has 0 saturated heterocycles. The van der Waals surface area contributed by atoms with Crippen molar-refractivity contribution >= 4 is 16.7 Å². The molecule has 0 aliphatic heterocycles. The second-order valence-corrected chi connectivity index (χ2v) is 5.81. The van der Waals surface area contributed by atoms with E-state index in [0.29, 0.717) is 11.4 Å². The Morgan fingerprint density at radius 1 is 1.24 bits per heavy atom. The average Bonchev–Trinajstić information content (AvgIpc) is 2.55. The van der Waals surface area contributed by atoms with E-state index in [4.69, 9.17) is 0 Å². The van der Waals surface area contributed by atoms with Gasteiger partial charge in [0.25, 0.3) is 0 Å². The van der Waals surface area contributed by atoms with Crippen LogP contribution in [0.1, 0.15) is 37.7 Å². The number of para-hydroxylation sites is 1. The maximum absolute atomic E-state index is 9.79. The topological polar surface area (TPSA) is 68.9 Å². The fourth-order valence-corrected chi connectivity index (χ4v) is 3.15. The molecular weight excluding hydrogens is 262 g/mol. The molecule has 1 aromatic heterocycles. The minimum Gasteiger partial charge on any atom is -0.394 e. The summed E-state index contributed by atoms with van der Waals surface area (Å²) in [5, 5.41) is 23.4. The van der Waals surface area contributed by atoms with Crippen LogP contribution >= 0.6 is 0 Å². The molecule has 0 unspecified atom stereocenters. The first-order valence-corrected chi connectivity index (χ1v) is 7.45. The minimum absolute atomic E-state index is 0.101. The van der Waals surface area contributed by atoms with Gasteiger partial charge in [-0.05, 0) is 25.0 Å². The summed E-state index contributed by atoms with van der Waals surface area (Å²) in [7, 11) is 0. The van der Waals surface area contributed by atoms with E-state index in [1.807, 2.05) is 24.3 Å². The maximum Gasteiger partial charge on any atom is 0.128 e. The zero-order valence-electron chi connectivity index (χ0n) is 12.0. The number of hydrogen-bond donors (Lipinski definition) is 2. The number of aliphatic hydroxyl groups is 1. The second kappa shape index (κ2) is 5.71. The van der Waals surface area contributed by atoms with Crippen LogP contribution in [0.4, 0.5) is 5.82 Å². The number of nitrogens with zero attached hydrogens (tertiary/aromatic N) is 2. The Bertz CT molecular complexity index is 684. The van der Waals surface area contributed by atoms with Crippen LogP contribution in [-0.2, 0) is 0 Å². The molecule has 1 saturated carbocycles. The number of aliphatic hydroxyl groups excluding tert-OH is 1. The Kier molecular flexibility index (Phi) is 3.76. The molecule has 21 heavy (non-hydrogen) atoms. The summed E-state index contributed by atoms with van der Waals surface area (Å²) in [5.41, 5.74) is 1.13. The van der Waals surface area contributed by atoms with Crippen LogP contribution in [0.15, 0.2) is 30.3 Å². The lowest BCUT2D eigenvalue weighted by atomic mass is 9.82. The number of fused-ring (bicyclic) bond motifs is 1. The number of pyridine rings is 1. The summed E-state index contributed by atoms with van der Waals surface area (Å²) in [6.07, 6.45) is 5.34. The molecular formula is C17H19N3O. The second-order valence-electron chi connectivity index (χ2n) is 5.81. The molecule has 1 aliphatic rings. The van der Waals surface area contributed by atoms with Gasteiger partial charge in [0, 0.05) is 5.39 Å². The molecule has 1 heterocycles. The summed E-state index contributed by atoms with van der Waals surface area (Å²) < 4.78 is 0. The van der Waals surface area contributed by atoms with Gasteiger partial charge in [-0.2, -0.15) is 5.26 Å². The van der Waals surface area contributed by atoms with Crippen LogP contribution in [-0.4, -0.2) is 22.2 Å². The van der Waals surface area contributed by atoms with Crippen molar-refractivity contribution in [2.24, 2.45) is 0 Å². The molecule has 1 fully saturated rings. The van der Waals surface area contributed by atoms with E-state index in [9.17, 15) is 10.4 Å². The smallest absolute Gasteiger partial charge is 0.128 e. The normalized spacial score (nSPS) is 17.3. The Morgan fingerprint density at radius 3 is 2.71 bits per heavy atom. The van der Waals surface area contributed by atoms with Gasteiger partial charge in [0.15, 0.2) is 0 Å². The van der Waals surface area contributed by atoms with Gasteiger partial charge in [0.05, 0.1) is 29.3 Å². The largest absolute Gasteiger partial charge is 0.394 e. The van der Waals surface area contributed by atoms with Gasteiger partial charge in [-0.15, -0.1) is 0 Å². The molecule has 0 amide bonds. The standard InChI is InChI=1S/C17H19N3O/c18-11-13-10-16(19-15-7-3-2-6-14(13)15)20-17(12-21)8-4-1-5-9-17/h2-3,6-7,10,21H,1,4-5,8-9,12H2,(H,19,20). The first-order chi connectivity index (χ1) is 10.3. The highest BCUT2D eigenvalue weighted by atomic mass is 16.3. The lowest BCUT2D eigenvalue weighted by molar-refractivity contribution is 0.172. The Labute approximate surface area is 124 Å². The fourth-order valence-electron chi connectivity index (χ4n) is 3.15. The van der Waals surface area contributed by atoms with Crippen molar-refractivity contribution in [3.05, 3.63) is 35.9 Å². The highest BCUT2D eigenvalue weighted by molar-refractivity contribution is 5.86. The van der Waals surface area contributed by atoms with Gasteiger partial charge in [-0.25, -0.2) is 4.98 Å². The monoisotopic (exact) mass is 281 g/mol. The van der Waals surface area contributed by atoms with Crippen molar-refractivity contribution in [1.29, 1.82) is 5.26 Å². The van der Waals surface area contributed by atoms with E-state index in [-0.39, 0.29) is 12.1 Å². The zero-order valence-corrected chi connectivity index (χ0v) is 12.0. The molecule has 108 valence electrons. The van der Waals surface area contributed by atoms with Crippen molar-refractivity contribution < 1.29 is 5.11 Å². The maximum atomic E-state index is 9.79. The number of benzene rings is 1. The van der Waals surface area contributed by atoms with Gasteiger partial charge in [-0.3, -0.25) is 0 Å². The highest BCUT2D eigenvalue weighted by Crippen LogP contribution is 2.32. The highest BCUT2D eigenvalue weighted by Gasteiger charge is 2.31. The molecule has 2 aromatic rings. The quantitative estimate of drug-likeness (QED) is 0.906. The van der Waals surface area contributed by atoms with Crippen LogP contribution in [0, 0.1) is 11.3 Å². The first-order valence-electron chi connectivity index (χ1n) is 7.45. The fraction of sp³-hybridized carbons (Fsp3) is 0.412. The van der Waals surface area contributed by atoms with Crippen molar-refractivity contribution in [3.63, 3.8) is 0 Å². The first kappa shape index (κ1) is 13.8. The number of hydrogen-bond acceptors (Lipinski definition) is 4. The lowest BCUT2D eigenvalue weighted by Crippen LogP contribution is -2.44. The summed E-state index contributed by atoms with van der Waals surface area (Å²) in [5.74, 6) is 0.682. The summed E-state index contributed by atoms with van der Waals surface area (Å²) in [6.45, 7) is 0.101. The van der Waals surface area contributed by atoms with E-state index in [1.54, 1.807) is 6.07 Å². The Balaban J connectivity index is 1.99. The van der Waals surface area contributed by atoms with E-state index >= 15 is 0 Å². The van der Waals surface area contributed by atoms with Crippen LogP contribution in [0.5, 0.6) is 0 Å². The molecule has 0 radical (unpaired) electrons. The molecule has 4 nitrogen and oxygen atoms in total. The van der Waals surface area contributed by atoms with Crippen molar-refractivity contribution in [3.8, 4) is 6.07 Å². The van der Waals surface area contributed by atoms with Gasteiger partial charge in [0.2, 0.25) is 0 Å². The Morgan fingerprint density at radius 2 is 2.00 bits per heavy atom. The molecule has 0 atom stereocenters. The third kappa shape index (κ3) is 2.70. The molecule has 0 bridgehead atoms.